The van der Waals surface area contributed by atoms with E-state index in [1.54, 1.807) is 18.2 Å². The van der Waals surface area contributed by atoms with Gasteiger partial charge in [0.15, 0.2) is 0 Å². The normalized spacial score (nSPS) is 23.7. The highest BCUT2D eigenvalue weighted by atomic mass is 127. The molecule has 7 nitrogen and oxygen atoms in total. The second-order valence-corrected chi connectivity index (χ2v) is 13.9. The van der Waals surface area contributed by atoms with E-state index < -0.39 is 17.4 Å². The molecule has 0 aliphatic carbocycles. The fourth-order valence-electron chi connectivity index (χ4n) is 6.86. The van der Waals surface area contributed by atoms with Crippen LogP contribution in [0.3, 0.4) is 0 Å². The van der Waals surface area contributed by atoms with Crippen molar-refractivity contribution in [3.8, 4) is 5.75 Å². The van der Waals surface area contributed by atoms with Crippen LogP contribution in [0.5, 0.6) is 5.75 Å². The van der Waals surface area contributed by atoms with Crippen molar-refractivity contribution in [3.05, 3.63) is 91.0 Å². The predicted octanol–water partition coefficient (Wildman–Crippen LogP) is 6.86. The Hall–Kier alpha value is -2.82. The van der Waals surface area contributed by atoms with Crippen LogP contribution in [0.15, 0.2) is 60.7 Å². The van der Waals surface area contributed by atoms with Gasteiger partial charge in [0, 0.05) is 69.1 Å². The molecule has 2 saturated heterocycles. The second-order valence-electron chi connectivity index (χ2n) is 11.8. The lowest BCUT2D eigenvalue weighted by Crippen LogP contribution is -2.57. The summed E-state index contributed by atoms with van der Waals surface area (Å²) in [4.78, 5) is 42.3. The molecule has 43 heavy (non-hydrogen) atoms. The molecule has 0 radical (unpaired) electrons. The minimum atomic E-state index is -1.20. The molecule has 3 aromatic rings. The van der Waals surface area contributed by atoms with Crippen LogP contribution < -0.4 is 15.4 Å². The molecule has 10 heteroatoms. The average Bonchev–Trinajstić information content (AvgIpc) is 3.25. The molecule has 3 atom stereocenters. The van der Waals surface area contributed by atoms with Crippen LogP contribution >= 0.6 is 45.8 Å². The van der Waals surface area contributed by atoms with Crippen molar-refractivity contribution in [1.82, 2.24) is 10.2 Å². The Bertz CT molecular complexity index is 1610. The van der Waals surface area contributed by atoms with Gasteiger partial charge in [0.05, 0.1) is 6.04 Å². The molecule has 3 aliphatic rings. The van der Waals surface area contributed by atoms with E-state index in [2.05, 4.69) is 33.2 Å². The Morgan fingerprint density at radius 3 is 2.49 bits per heavy atom. The highest BCUT2D eigenvalue weighted by Crippen LogP contribution is 2.58. The van der Waals surface area contributed by atoms with E-state index in [0.717, 1.165) is 20.3 Å². The van der Waals surface area contributed by atoms with Crippen LogP contribution in [0.2, 0.25) is 10.0 Å². The van der Waals surface area contributed by atoms with Gasteiger partial charge in [-0.15, -0.1) is 0 Å². The fourth-order valence-corrected chi connectivity index (χ4v) is 7.75. The summed E-state index contributed by atoms with van der Waals surface area (Å²) in [5.41, 5.74) is 1.73. The summed E-state index contributed by atoms with van der Waals surface area (Å²) in [5.74, 6) is -0.178. The van der Waals surface area contributed by atoms with E-state index in [1.807, 2.05) is 61.2 Å². The number of benzene rings is 3. The van der Waals surface area contributed by atoms with Gasteiger partial charge in [0.25, 0.3) is 0 Å². The van der Waals surface area contributed by atoms with Gasteiger partial charge in [-0.25, -0.2) is 0 Å². The van der Waals surface area contributed by atoms with E-state index in [4.69, 9.17) is 27.9 Å². The molecule has 2 N–H and O–H groups in total. The van der Waals surface area contributed by atoms with Crippen molar-refractivity contribution < 1.29 is 19.1 Å². The van der Waals surface area contributed by atoms with Gasteiger partial charge in [-0.3, -0.25) is 14.4 Å². The molecular weight excluding hydrogens is 700 g/mol. The minimum absolute atomic E-state index is 0.0471. The molecule has 3 aliphatic heterocycles. The van der Waals surface area contributed by atoms with Gasteiger partial charge in [-0.1, -0.05) is 55.2 Å². The first-order valence-electron chi connectivity index (χ1n) is 14.5. The first-order valence-corrected chi connectivity index (χ1v) is 16.3. The molecule has 0 aromatic heterocycles. The topological polar surface area (TPSA) is 87.7 Å². The van der Waals surface area contributed by atoms with Gasteiger partial charge in [0.1, 0.15) is 17.3 Å². The van der Waals surface area contributed by atoms with Gasteiger partial charge < -0.3 is 20.3 Å². The van der Waals surface area contributed by atoms with Gasteiger partial charge in [-0.05, 0) is 76.2 Å². The maximum absolute atomic E-state index is 14.4. The lowest BCUT2D eigenvalue weighted by Gasteiger charge is -2.47. The van der Waals surface area contributed by atoms with E-state index in [1.165, 1.54) is 0 Å². The molecule has 3 aromatic carbocycles. The summed E-state index contributed by atoms with van der Waals surface area (Å²) >= 11 is 15.1. The van der Waals surface area contributed by atoms with E-state index in [9.17, 15) is 14.4 Å². The first-order chi connectivity index (χ1) is 20.6. The zero-order valence-corrected chi connectivity index (χ0v) is 27.5. The van der Waals surface area contributed by atoms with E-state index in [0.29, 0.717) is 47.4 Å². The smallest absolute Gasteiger partial charge is 0.238 e. The van der Waals surface area contributed by atoms with E-state index in [-0.39, 0.29) is 36.2 Å². The third-order valence-corrected chi connectivity index (χ3v) is 9.97. The number of likely N-dealkylation sites (tertiary alicyclic amines) is 1. The Morgan fingerprint density at radius 2 is 1.77 bits per heavy atom. The van der Waals surface area contributed by atoms with Crippen molar-refractivity contribution >= 4 is 69.2 Å². The lowest BCUT2D eigenvalue weighted by molar-refractivity contribution is -0.136. The standard InChI is InChI=1S/C33H32Cl2IN3O4/c1-18(2)31(41)39-12-10-23(11-13-39)43-28-9-7-22(36)16-24(28)30-33(25-8-6-21(35)15-27(25)37-32(33)42)26(17-29(40)38-30)19-4-3-5-20(34)14-19/h3-9,14-16,18,23,26,30H,10-13,17H2,1-2H3,(H,37,42)(H,38,40). The highest BCUT2D eigenvalue weighted by molar-refractivity contribution is 14.1. The molecule has 3 unspecified atom stereocenters. The number of fused-ring (bicyclic) bond motifs is 2. The van der Waals surface area contributed by atoms with E-state index >= 15 is 0 Å². The third kappa shape index (κ3) is 5.51. The number of carbonyl (C=O) groups excluding carboxylic acids is 3. The zero-order valence-electron chi connectivity index (χ0n) is 23.8. The van der Waals surface area contributed by atoms with Crippen molar-refractivity contribution in [2.24, 2.45) is 5.92 Å². The number of ether oxygens (including phenoxy) is 1. The largest absolute Gasteiger partial charge is 0.490 e. The van der Waals surface area contributed by atoms with Crippen molar-refractivity contribution in [3.63, 3.8) is 0 Å². The second kappa shape index (κ2) is 11.9. The van der Waals surface area contributed by atoms with Gasteiger partial charge in [-0.2, -0.15) is 0 Å². The summed E-state index contributed by atoms with van der Waals surface area (Å²) in [6.07, 6.45) is 1.38. The Morgan fingerprint density at radius 1 is 1.02 bits per heavy atom. The average molecular weight is 732 g/mol. The minimum Gasteiger partial charge on any atom is -0.490 e. The summed E-state index contributed by atoms with van der Waals surface area (Å²) in [7, 11) is 0. The molecule has 0 bridgehead atoms. The number of anilines is 1. The number of hydrogen-bond acceptors (Lipinski definition) is 4. The van der Waals surface area contributed by atoms with Gasteiger partial charge in [0.2, 0.25) is 17.7 Å². The number of rotatable bonds is 5. The number of nitrogens with one attached hydrogen (secondary N) is 2. The molecular formula is C33H32Cl2IN3O4. The molecule has 3 amide bonds. The van der Waals surface area contributed by atoms with Crippen LogP contribution in [0.1, 0.15) is 61.8 Å². The SMILES string of the molecule is CC(C)C(=O)N1CCC(Oc2ccc(I)cc2C2NC(=O)CC(c3cccc(Cl)c3)C23C(=O)Nc2cc(Cl)ccc23)CC1. The highest BCUT2D eigenvalue weighted by Gasteiger charge is 2.61. The number of nitrogens with zero attached hydrogens (tertiary/aromatic N) is 1. The van der Waals surface area contributed by atoms with Crippen LogP contribution in [-0.4, -0.2) is 41.8 Å². The van der Waals surface area contributed by atoms with Crippen LogP contribution in [0, 0.1) is 9.49 Å². The lowest BCUT2D eigenvalue weighted by atomic mass is 9.59. The number of piperidine rings is 2. The molecule has 3 heterocycles. The summed E-state index contributed by atoms with van der Waals surface area (Å²) in [6, 6.07) is 17.9. The number of hydrogen-bond donors (Lipinski definition) is 2. The van der Waals surface area contributed by atoms with Crippen LogP contribution in [0.25, 0.3) is 0 Å². The fraction of sp³-hybridized carbons (Fsp3) is 0.364. The third-order valence-electron chi connectivity index (χ3n) is 8.83. The monoisotopic (exact) mass is 731 g/mol. The first kappa shape index (κ1) is 30.2. The summed E-state index contributed by atoms with van der Waals surface area (Å²) in [6.45, 7) is 5.08. The Labute approximate surface area is 274 Å². The number of halogens is 3. The van der Waals surface area contributed by atoms with Crippen molar-refractivity contribution in [2.45, 2.75) is 56.6 Å². The van der Waals surface area contributed by atoms with Crippen LogP contribution in [-0.2, 0) is 19.8 Å². The van der Waals surface area contributed by atoms with Crippen molar-refractivity contribution in [2.75, 3.05) is 18.4 Å². The van der Waals surface area contributed by atoms with Crippen LogP contribution in [0.4, 0.5) is 5.69 Å². The van der Waals surface area contributed by atoms with Gasteiger partial charge >= 0.3 is 0 Å². The molecule has 224 valence electrons. The molecule has 0 saturated carbocycles. The quantitative estimate of drug-likeness (QED) is 0.281. The maximum Gasteiger partial charge on any atom is 0.238 e. The van der Waals surface area contributed by atoms with Crippen molar-refractivity contribution in [1.29, 1.82) is 0 Å². The number of carbonyl (C=O) groups is 3. The predicted molar refractivity (Wildman–Crippen MR) is 176 cm³/mol. The number of amides is 3. The molecule has 2 fully saturated rings. The summed E-state index contributed by atoms with van der Waals surface area (Å²) < 4.78 is 7.60. The molecule has 6 rings (SSSR count). The summed E-state index contributed by atoms with van der Waals surface area (Å²) in [5, 5.41) is 7.32. The molecule has 1 spiro atoms. The zero-order chi connectivity index (χ0) is 30.5. The Balaban J connectivity index is 1.45. The Kier molecular flexibility index (Phi) is 8.39. The maximum atomic E-state index is 14.4.